The number of H-pyrrole nitrogens is 1. The van der Waals surface area contributed by atoms with Gasteiger partial charge in [-0.2, -0.15) is 0 Å². The molecule has 3 heteroatoms. The maximum absolute atomic E-state index is 4.65. The van der Waals surface area contributed by atoms with E-state index < -0.39 is 0 Å². The molecule has 3 nitrogen and oxygen atoms in total. The summed E-state index contributed by atoms with van der Waals surface area (Å²) in [6.07, 6.45) is 6.16. The van der Waals surface area contributed by atoms with E-state index in [9.17, 15) is 0 Å². The van der Waals surface area contributed by atoms with Gasteiger partial charge in [-0.05, 0) is 38.1 Å². The van der Waals surface area contributed by atoms with Gasteiger partial charge in [0.2, 0.25) is 0 Å². The second kappa shape index (κ2) is 5.48. The number of hydrogen-bond acceptors (Lipinski definition) is 2. The summed E-state index contributed by atoms with van der Waals surface area (Å²) >= 11 is 0. The number of aromatic amines is 1. The van der Waals surface area contributed by atoms with Crippen molar-refractivity contribution in [3.05, 3.63) is 17.2 Å². The maximum atomic E-state index is 4.65. The molecule has 0 atom stereocenters. The molecule has 90 valence electrons. The van der Waals surface area contributed by atoms with E-state index in [0.717, 1.165) is 37.7 Å². The molecule has 0 saturated heterocycles. The second-order valence-electron chi connectivity index (χ2n) is 4.79. The highest BCUT2D eigenvalue weighted by Gasteiger charge is 2.20. The lowest BCUT2D eigenvalue weighted by Crippen LogP contribution is -2.17. The van der Waals surface area contributed by atoms with Crippen LogP contribution in [-0.4, -0.2) is 16.5 Å². The average Bonchev–Trinajstić information content (AvgIpc) is 3.01. The van der Waals surface area contributed by atoms with Crippen molar-refractivity contribution in [3.63, 3.8) is 0 Å². The Labute approximate surface area is 98.1 Å². The van der Waals surface area contributed by atoms with Crippen LogP contribution in [0.5, 0.6) is 0 Å². The number of imidazole rings is 1. The average molecular weight is 221 g/mol. The summed E-state index contributed by atoms with van der Waals surface area (Å²) in [5.41, 5.74) is 2.60. The molecular formula is C13H23N3. The normalized spacial score (nSPS) is 15.6. The molecule has 0 spiro atoms. The van der Waals surface area contributed by atoms with E-state index in [2.05, 4.69) is 29.1 Å². The second-order valence-corrected chi connectivity index (χ2v) is 4.79. The molecule has 1 saturated carbocycles. The molecule has 1 fully saturated rings. The third-order valence-electron chi connectivity index (χ3n) is 3.17. The quantitative estimate of drug-likeness (QED) is 0.742. The van der Waals surface area contributed by atoms with E-state index >= 15 is 0 Å². The van der Waals surface area contributed by atoms with E-state index in [0.29, 0.717) is 0 Å². The minimum Gasteiger partial charge on any atom is -0.345 e. The summed E-state index contributed by atoms with van der Waals surface area (Å²) in [6.45, 7) is 6.44. The van der Waals surface area contributed by atoms with E-state index in [1.165, 1.54) is 30.7 Å². The lowest BCUT2D eigenvalue weighted by molar-refractivity contribution is 0.621. The minimum absolute atomic E-state index is 0.896. The first-order valence-corrected chi connectivity index (χ1v) is 6.60. The molecule has 1 aliphatic carbocycles. The van der Waals surface area contributed by atoms with Gasteiger partial charge in [0.15, 0.2) is 0 Å². The summed E-state index contributed by atoms with van der Waals surface area (Å²) in [7, 11) is 0. The standard InChI is InChI=1S/C13H23N3/c1-3-5-12-11(4-2)15-13(16-12)9-14-8-10-6-7-10/h10,14H,3-9H2,1-2H3,(H,15,16). The number of hydrogen-bond donors (Lipinski definition) is 2. The highest BCUT2D eigenvalue weighted by molar-refractivity contribution is 5.15. The van der Waals surface area contributed by atoms with Gasteiger partial charge in [0.05, 0.1) is 12.2 Å². The Hall–Kier alpha value is -0.830. The van der Waals surface area contributed by atoms with Crippen molar-refractivity contribution >= 4 is 0 Å². The molecular weight excluding hydrogens is 198 g/mol. The molecule has 1 heterocycles. The highest BCUT2D eigenvalue weighted by Crippen LogP contribution is 2.27. The van der Waals surface area contributed by atoms with E-state index in [1.807, 2.05) is 0 Å². The first-order valence-electron chi connectivity index (χ1n) is 6.60. The molecule has 2 rings (SSSR count). The van der Waals surface area contributed by atoms with Crippen LogP contribution in [0.2, 0.25) is 0 Å². The third-order valence-corrected chi connectivity index (χ3v) is 3.17. The van der Waals surface area contributed by atoms with Crippen molar-refractivity contribution in [2.75, 3.05) is 6.54 Å². The zero-order chi connectivity index (χ0) is 11.4. The van der Waals surface area contributed by atoms with Crippen LogP contribution < -0.4 is 5.32 Å². The van der Waals surface area contributed by atoms with Crippen LogP contribution in [0.15, 0.2) is 0 Å². The van der Waals surface area contributed by atoms with E-state index in [4.69, 9.17) is 0 Å². The summed E-state index contributed by atoms with van der Waals surface area (Å²) in [4.78, 5) is 8.10. The first kappa shape index (κ1) is 11.6. The van der Waals surface area contributed by atoms with Gasteiger partial charge in [-0.25, -0.2) is 4.98 Å². The van der Waals surface area contributed by atoms with Crippen LogP contribution in [-0.2, 0) is 19.4 Å². The van der Waals surface area contributed by atoms with Crippen molar-refractivity contribution < 1.29 is 0 Å². The molecule has 0 bridgehead atoms. The van der Waals surface area contributed by atoms with Crippen molar-refractivity contribution in [1.82, 2.24) is 15.3 Å². The zero-order valence-electron chi connectivity index (χ0n) is 10.5. The topological polar surface area (TPSA) is 40.7 Å². The van der Waals surface area contributed by atoms with Crippen molar-refractivity contribution in [2.45, 2.75) is 52.5 Å². The summed E-state index contributed by atoms with van der Waals surface area (Å²) < 4.78 is 0. The largest absolute Gasteiger partial charge is 0.345 e. The fraction of sp³-hybridized carbons (Fsp3) is 0.769. The van der Waals surface area contributed by atoms with Gasteiger partial charge in [-0.3, -0.25) is 0 Å². The molecule has 16 heavy (non-hydrogen) atoms. The van der Waals surface area contributed by atoms with Crippen LogP contribution in [0.1, 0.15) is 50.3 Å². The smallest absolute Gasteiger partial charge is 0.120 e. The minimum atomic E-state index is 0.896. The molecule has 0 unspecified atom stereocenters. The SMILES string of the molecule is CCCc1[nH]c(CNCC2CC2)nc1CC. The Morgan fingerprint density at radius 2 is 2.19 bits per heavy atom. The van der Waals surface area contributed by atoms with Crippen molar-refractivity contribution in [3.8, 4) is 0 Å². The van der Waals surface area contributed by atoms with E-state index in [1.54, 1.807) is 0 Å². The summed E-state index contributed by atoms with van der Waals surface area (Å²) in [6, 6.07) is 0. The van der Waals surface area contributed by atoms with Crippen molar-refractivity contribution in [2.24, 2.45) is 5.92 Å². The Morgan fingerprint density at radius 1 is 1.38 bits per heavy atom. The van der Waals surface area contributed by atoms with E-state index in [-0.39, 0.29) is 0 Å². The van der Waals surface area contributed by atoms with Crippen LogP contribution in [0, 0.1) is 5.92 Å². The van der Waals surface area contributed by atoms with Crippen LogP contribution in [0.25, 0.3) is 0 Å². The molecule has 1 aromatic heterocycles. The predicted molar refractivity (Wildman–Crippen MR) is 66.4 cm³/mol. The first-order chi connectivity index (χ1) is 7.83. The molecule has 0 aliphatic heterocycles. The van der Waals surface area contributed by atoms with Crippen LogP contribution >= 0.6 is 0 Å². The molecule has 1 aliphatic rings. The lowest BCUT2D eigenvalue weighted by Gasteiger charge is -1.99. The van der Waals surface area contributed by atoms with Crippen molar-refractivity contribution in [1.29, 1.82) is 0 Å². The number of nitrogens with one attached hydrogen (secondary N) is 2. The predicted octanol–water partition coefficient (Wildman–Crippen LogP) is 2.42. The van der Waals surface area contributed by atoms with Gasteiger partial charge in [0.25, 0.3) is 0 Å². The van der Waals surface area contributed by atoms with Gasteiger partial charge in [0, 0.05) is 5.69 Å². The fourth-order valence-corrected chi connectivity index (χ4v) is 2.05. The Morgan fingerprint density at radius 3 is 2.81 bits per heavy atom. The van der Waals surface area contributed by atoms with Gasteiger partial charge in [-0.1, -0.05) is 20.3 Å². The Kier molecular flexibility index (Phi) is 3.99. The van der Waals surface area contributed by atoms with Crippen LogP contribution in [0.4, 0.5) is 0 Å². The number of aryl methyl sites for hydroxylation is 2. The lowest BCUT2D eigenvalue weighted by atomic mass is 10.2. The Bertz CT molecular complexity index is 326. The van der Waals surface area contributed by atoms with Gasteiger partial charge in [0.1, 0.15) is 5.82 Å². The van der Waals surface area contributed by atoms with Gasteiger partial charge in [-0.15, -0.1) is 0 Å². The van der Waals surface area contributed by atoms with Gasteiger partial charge >= 0.3 is 0 Å². The molecule has 2 N–H and O–H groups in total. The fourth-order valence-electron chi connectivity index (χ4n) is 2.05. The number of aromatic nitrogens is 2. The molecule has 0 amide bonds. The molecule has 1 aromatic rings. The van der Waals surface area contributed by atoms with Gasteiger partial charge < -0.3 is 10.3 Å². The molecule has 0 radical (unpaired) electrons. The monoisotopic (exact) mass is 221 g/mol. The number of nitrogens with zero attached hydrogens (tertiary/aromatic N) is 1. The molecule has 0 aromatic carbocycles. The third kappa shape index (κ3) is 3.08. The Balaban J connectivity index is 1.86. The number of rotatable bonds is 7. The van der Waals surface area contributed by atoms with Crippen LogP contribution in [0.3, 0.4) is 0 Å². The zero-order valence-corrected chi connectivity index (χ0v) is 10.5. The maximum Gasteiger partial charge on any atom is 0.120 e. The summed E-state index contributed by atoms with van der Waals surface area (Å²) in [5, 5.41) is 3.48. The summed E-state index contributed by atoms with van der Waals surface area (Å²) in [5.74, 6) is 2.05. The highest BCUT2D eigenvalue weighted by atomic mass is 15.0.